The lowest BCUT2D eigenvalue weighted by Gasteiger charge is -2.39. The number of hydrogen-bond donors (Lipinski definition) is 0. The van der Waals surface area contributed by atoms with E-state index in [0.717, 1.165) is 25.7 Å². The quantitative estimate of drug-likeness (QED) is 0.672. The Hall–Kier alpha value is -1.15. The molecular formula is C20H26O2. The van der Waals surface area contributed by atoms with Crippen molar-refractivity contribution in [2.75, 3.05) is 0 Å². The molecule has 2 aliphatic heterocycles. The van der Waals surface area contributed by atoms with Crippen LogP contribution in [-0.4, -0.2) is 17.0 Å². The van der Waals surface area contributed by atoms with Gasteiger partial charge in [0.25, 0.3) is 0 Å². The number of rotatable bonds is 1. The lowest BCUT2D eigenvalue weighted by atomic mass is 9.64. The second kappa shape index (κ2) is 4.03. The van der Waals surface area contributed by atoms with E-state index in [1.165, 1.54) is 16.7 Å². The molecule has 2 spiro atoms. The Balaban J connectivity index is 1.96. The molecule has 2 fully saturated rings. The molecule has 0 aromatic rings. The third-order valence-corrected chi connectivity index (χ3v) is 6.94. The fourth-order valence-corrected chi connectivity index (χ4v) is 5.67. The maximum atomic E-state index is 12.9. The highest BCUT2D eigenvalue weighted by atomic mass is 16.5. The zero-order valence-corrected chi connectivity index (χ0v) is 14.2. The van der Waals surface area contributed by atoms with E-state index in [4.69, 9.17) is 4.74 Å². The van der Waals surface area contributed by atoms with E-state index >= 15 is 0 Å². The Morgan fingerprint density at radius 1 is 1.41 bits per heavy atom. The third-order valence-electron chi connectivity index (χ3n) is 6.94. The van der Waals surface area contributed by atoms with Crippen molar-refractivity contribution in [1.29, 1.82) is 0 Å². The highest BCUT2D eigenvalue weighted by molar-refractivity contribution is 6.01. The lowest BCUT2D eigenvalue weighted by molar-refractivity contribution is -0.130. The number of hydrogen-bond acceptors (Lipinski definition) is 2. The molecule has 0 amide bonds. The summed E-state index contributed by atoms with van der Waals surface area (Å²) < 4.78 is 6.93. The summed E-state index contributed by atoms with van der Waals surface area (Å²) in [6.45, 7) is 13.1. The van der Waals surface area contributed by atoms with Gasteiger partial charge in [0, 0.05) is 5.92 Å². The van der Waals surface area contributed by atoms with Crippen molar-refractivity contribution in [3.8, 4) is 0 Å². The molecule has 2 heterocycles. The van der Waals surface area contributed by atoms with Gasteiger partial charge in [0.05, 0.1) is 11.0 Å². The lowest BCUT2D eigenvalue weighted by Crippen LogP contribution is -2.45. The first-order valence-electron chi connectivity index (χ1n) is 8.58. The van der Waals surface area contributed by atoms with E-state index < -0.39 is 11.0 Å². The van der Waals surface area contributed by atoms with Crippen LogP contribution in [0.5, 0.6) is 0 Å². The van der Waals surface area contributed by atoms with Gasteiger partial charge in [0.2, 0.25) is 0 Å². The van der Waals surface area contributed by atoms with E-state index in [1.807, 2.05) is 6.08 Å². The monoisotopic (exact) mass is 298 g/mol. The van der Waals surface area contributed by atoms with Gasteiger partial charge in [0.15, 0.2) is 5.78 Å². The normalized spacial score (nSPS) is 46.5. The summed E-state index contributed by atoms with van der Waals surface area (Å²) in [4.78, 5) is 12.9. The van der Waals surface area contributed by atoms with Crippen LogP contribution in [0.2, 0.25) is 0 Å². The van der Waals surface area contributed by atoms with Crippen LogP contribution in [-0.2, 0) is 9.53 Å². The standard InChI is InChI=1S/C20H26O2/c1-12(2)16-10-17(21)18(5)11-19-14(4)6-7-15(19)13(3)8-9-20(16,18)22-19/h8,10,12,15H,4,6-7,9,11H2,1-3,5H3/t15-,18+,19-,20-/m0/s1. The topological polar surface area (TPSA) is 26.3 Å². The van der Waals surface area contributed by atoms with Gasteiger partial charge in [-0.2, -0.15) is 0 Å². The van der Waals surface area contributed by atoms with Crippen molar-refractivity contribution in [2.45, 2.75) is 64.6 Å². The van der Waals surface area contributed by atoms with Crippen LogP contribution in [0, 0.1) is 17.3 Å². The maximum Gasteiger partial charge on any atom is 0.164 e. The summed E-state index contributed by atoms with van der Waals surface area (Å²) in [6, 6.07) is 0. The summed E-state index contributed by atoms with van der Waals surface area (Å²) in [5.74, 6) is 1.00. The molecular weight excluding hydrogens is 272 g/mol. The molecule has 4 aliphatic rings. The Bertz CT molecular complexity index is 653. The van der Waals surface area contributed by atoms with Gasteiger partial charge in [-0.1, -0.05) is 32.1 Å². The third kappa shape index (κ3) is 1.34. The van der Waals surface area contributed by atoms with Crippen molar-refractivity contribution in [1.82, 2.24) is 0 Å². The largest absolute Gasteiger partial charge is 0.358 e. The average Bonchev–Trinajstić information content (AvgIpc) is 2.93. The molecule has 2 heteroatoms. The predicted molar refractivity (Wildman–Crippen MR) is 87.4 cm³/mol. The summed E-state index contributed by atoms with van der Waals surface area (Å²) in [6.07, 6.45) is 8.01. The molecule has 118 valence electrons. The summed E-state index contributed by atoms with van der Waals surface area (Å²) in [7, 11) is 0. The second-order valence-electron chi connectivity index (χ2n) is 8.29. The molecule has 0 N–H and O–H groups in total. The Morgan fingerprint density at radius 2 is 2.14 bits per heavy atom. The van der Waals surface area contributed by atoms with Gasteiger partial charge in [-0.15, -0.1) is 0 Å². The summed E-state index contributed by atoms with van der Waals surface area (Å²) in [5, 5.41) is 0. The number of allylic oxidation sites excluding steroid dienone is 1. The first-order valence-corrected chi connectivity index (χ1v) is 8.58. The van der Waals surface area contributed by atoms with Crippen LogP contribution < -0.4 is 0 Å². The Morgan fingerprint density at radius 3 is 2.82 bits per heavy atom. The molecule has 0 aromatic carbocycles. The van der Waals surface area contributed by atoms with Gasteiger partial charge in [-0.05, 0) is 62.7 Å². The second-order valence-corrected chi connectivity index (χ2v) is 8.29. The predicted octanol–water partition coefficient (Wildman–Crippen LogP) is 4.37. The molecule has 4 rings (SSSR count). The van der Waals surface area contributed by atoms with Crippen LogP contribution in [0.4, 0.5) is 0 Å². The fraction of sp³-hybridized carbons (Fsp3) is 0.650. The van der Waals surface area contributed by atoms with E-state index in [0.29, 0.717) is 11.8 Å². The van der Waals surface area contributed by atoms with E-state index in [1.54, 1.807) is 0 Å². The van der Waals surface area contributed by atoms with Gasteiger partial charge in [-0.25, -0.2) is 0 Å². The minimum Gasteiger partial charge on any atom is -0.358 e. The van der Waals surface area contributed by atoms with Crippen molar-refractivity contribution >= 4 is 5.78 Å². The number of ether oxygens (including phenoxy) is 1. The molecule has 1 saturated carbocycles. The molecule has 0 radical (unpaired) electrons. The summed E-state index contributed by atoms with van der Waals surface area (Å²) in [5.41, 5.74) is 2.66. The van der Waals surface area contributed by atoms with Gasteiger partial charge >= 0.3 is 0 Å². The van der Waals surface area contributed by atoms with Gasteiger partial charge < -0.3 is 4.74 Å². The van der Waals surface area contributed by atoms with Crippen molar-refractivity contribution in [3.63, 3.8) is 0 Å². The van der Waals surface area contributed by atoms with Crippen molar-refractivity contribution in [3.05, 3.63) is 35.5 Å². The Kier molecular flexibility index (Phi) is 2.64. The number of carbonyl (C=O) groups excluding carboxylic acids is 1. The zero-order chi connectivity index (χ0) is 15.9. The maximum absolute atomic E-state index is 12.9. The van der Waals surface area contributed by atoms with Crippen LogP contribution in [0.3, 0.4) is 0 Å². The summed E-state index contributed by atoms with van der Waals surface area (Å²) >= 11 is 0. The van der Waals surface area contributed by atoms with Crippen molar-refractivity contribution < 1.29 is 9.53 Å². The number of carbonyl (C=O) groups is 1. The highest BCUT2D eigenvalue weighted by Crippen LogP contribution is 2.68. The molecule has 1 saturated heterocycles. The smallest absolute Gasteiger partial charge is 0.164 e. The van der Waals surface area contributed by atoms with Crippen LogP contribution in [0.1, 0.15) is 53.4 Å². The highest BCUT2D eigenvalue weighted by Gasteiger charge is 2.72. The van der Waals surface area contributed by atoms with Gasteiger partial charge in [-0.3, -0.25) is 4.79 Å². The first kappa shape index (κ1) is 14.4. The Labute approximate surface area is 133 Å². The first-order chi connectivity index (χ1) is 10.3. The minimum atomic E-state index is -0.443. The van der Waals surface area contributed by atoms with Gasteiger partial charge in [0.1, 0.15) is 5.60 Å². The van der Waals surface area contributed by atoms with Crippen LogP contribution in [0.15, 0.2) is 35.5 Å². The molecule has 4 atom stereocenters. The average molecular weight is 298 g/mol. The molecule has 2 bridgehead atoms. The van der Waals surface area contributed by atoms with Crippen molar-refractivity contribution in [2.24, 2.45) is 17.3 Å². The van der Waals surface area contributed by atoms with Crippen LogP contribution >= 0.6 is 0 Å². The minimum absolute atomic E-state index is 0.263. The van der Waals surface area contributed by atoms with Crippen LogP contribution in [0.25, 0.3) is 0 Å². The van der Waals surface area contributed by atoms with E-state index in [-0.39, 0.29) is 11.4 Å². The molecule has 2 nitrogen and oxygen atoms in total. The SMILES string of the molecule is C=C1CC[C@H]2C(C)=CC[C@@]34O[C@@]12C[C@]3(C)C(=O)C=C4C(C)C. The molecule has 0 aromatic heterocycles. The number of ketones is 1. The zero-order valence-electron chi connectivity index (χ0n) is 14.2. The molecule has 2 aliphatic carbocycles. The molecule has 22 heavy (non-hydrogen) atoms. The molecule has 0 unspecified atom stereocenters. The van der Waals surface area contributed by atoms with E-state index in [2.05, 4.69) is 40.3 Å². The van der Waals surface area contributed by atoms with E-state index in [9.17, 15) is 4.79 Å². The fourth-order valence-electron chi connectivity index (χ4n) is 5.67.